The second-order valence-corrected chi connectivity index (χ2v) is 6.81. The monoisotopic (exact) mass is 311 g/mol. The molecule has 102 valence electrons. The van der Waals surface area contributed by atoms with E-state index in [1.807, 2.05) is 0 Å². The first-order valence-electron chi connectivity index (χ1n) is 5.23. The molecule has 0 aliphatic rings. The lowest BCUT2D eigenvalue weighted by molar-refractivity contribution is 0.192. The molecule has 0 aliphatic heterocycles. The summed E-state index contributed by atoms with van der Waals surface area (Å²) in [5.41, 5.74) is 0. The average Bonchev–Trinajstić information content (AvgIpc) is 2.29. The van der Waals surface area contributed by atoms with Gasteiger partial charge in [-0.1, -0.05) is 23.7 Å². The number of nitrogens with zero attached hydrogens (tertiary/aromatic N) is 1. The van der Waals surface area contributed by atoms with Crippen LogP contribution >= 0.6 is 23.2 Å². The van der Waals surface area contributed by atoms with E-state index in [1.54, 1.807) is 12.1 Å². The molecule has 0 N–H and O–H groups in total. The van der Waals surface area contributed by atoms with Crippen LogP contribution < -0.4 is 0 Å². The van der Waals surface area contributed by atoms with Gasteiger partial charge in [0, 0.05) is 20.7 Å². The highest BCUT2D eigenvalue weighted by Gasteiger charge is 2.24. The summed E-state index contributed by atoms with van der Waals surface area (Å²) in [6.45, 7) is 0.437. The van der Waals surface area contributed by atoms with Crippen LogP contribution in [-0.2, 0) is 14.8 Å². The zero-order chi connectivity index (χ0) is 13.8. The fourth-order valence-corrected chi connectivity index (χ4v) is 3.55. The van der Waals surface area contributed by atoms with Crippen LogP contribution in [0.15, 0.2) is 29.2 Å². The number of halogens is 2. The Hall–Kier alpha value is -0.330. The summed E-state index contributed by atoms with van der Waals surface area (Å²) in [5, 5.41) is -0.209. The number of rotatable bonds is 6. The third-order valence-electron chi connectivity index (χ3n) is 2.33. The molecule has 0 saturated heterocycles. The van der Waals surface area contributed by atoms with E-state index in [0.29, 0.717) is 0 Å². The van der Waals surface area contributed by atoms with Crippen LogP contribution in [-0.4, -0.2) is 45.4 Å². The topological polar surface area (TPSA) is 46.6 Å². The quantitative estimate of drug-likeness (QED) is 0.757. The van der Waals surface area contributed by atoms with Crippen molar-refractivity contribution in [3.63, 3.8) is 0 Å². The summed E-state index contributed by atoms with van der Waals surface area (Å²) < 4.78 is 30.5. The standard InChI is InChI=1S/C11H15Cl2NO3S/c1-14(7-9(12)8-17-2)18(15,16)11-6-4-3-5-10(11)13/h3-6,9H,7-8H2,1-2H3. The van der Waals surface area contributed by atoms with Gasteiger partial charge in [0.25, 0.3) is 0 Å². The van der Waals surface area contributed by atoms with Gasteiger partial charge >= 0.3 is 0 Å². The Labute approximate surface area is 117 Å². The van der Waals surface area contributed by atoms with Crippen LogP contribution in [0.3, 0.4) is 0 Å². The van der Waals surface area contributed by atoms with Gasteiger partial charge in [0.1, 0.15) is 4.90 Å². The minimum atomic E-state index is -3.62. The summed E-state index contributed by atoms with van der Waals surface area (Å²) in [5.74, 6) is 0. The zero-order valence-electron chi connectivity index (χ0n) is 10.1. The molecule has 1 aromatic rings. The largest absolute Gasteiger partial charge is 0.383 e. The molecule has 0 saturated carbocycles. The highest BCUT2D eigenvalue weighted by atomic mass is 35.5. The molecule has 0 heterocycles. The maximum Gasteiger partial charge on any atom is 0.244 e. The Kier molecular flexibility index (Phi) is 5.88. The minimum absolute atomic E-state index is 0.0791. The fraction of sp³-hybridized carbons (Fsp3) is 0.455. The van der Waals surface area contributed by atoms with Crippen LogP contribution in [0, 0.1) is 0 Å². The van der Waals surface area contributed by atoms with Gasteiger partial charge in [-0.25, -0.2) is 8.42 Å². The lowest BCUT2D eigenvalue weighted by atomic mass is 10.4. The van der Waals surface area contributed by atoms with Crippen LogP contribution in [0.25, 0.3) is 0 Å². The first-order chi connectivity index (χ1) is 8.39. The van der Waals surface area contributed by atoms with Crippen LogP contribution in [0.5, 0.6) is 0 Å². The number of ether oxygens (including phenoxy) is 1. The second-order valence-electron chi connectivity index (χ2n) is 3.77. The molecule has 1 atom stereocenters. The lowest BCUT2D eigenvalue weighted by Gasteiger charge is -2.20. The molecule has 7 heteroatoms. The van der Waals surface area contributed by atoms with E-state index in [1.165, 1.54) is 30.6 Å². The lowest BCUT2D eigenvalue weighted by Crippen LogP contribution is -2.34. The molecule has 1 unspecified atom stereocenters. The molecule has 1 rings (SSSR count). The normalized spacial score (nSPS) is 13.8. The molecular formula is C11H15Cl2NO3S. The predicted octanol–water partition coefficient (Wildman–Crippen LogP) is 2.21. The second kappa shape index (κ2) is 6.73. The number of sulfonamides is 1. The highest BCUT2D eigenvalue weighted by molar-refractivity contribution is 7.89. The molecule has 0 aromatic heterocycles. The molecular weight excluding hydrogens is 297 g/mol. The van der Waals surface area contributed by atoms with E-state index in [4.69, 9.17) is 27.9 Å². The van der Waals surface area contributed by atoms with E-state index in [0.717, 1.165) is 0 Å². The number of alkyl halides is 1. The Morgan fingerprint density at radius 1 is 1.39 bits per heavy atom. The average molecular weight is 312 g/mol. The summed E-state index contributed by atoms with van der Waals surface area (Å²) in [7, 11) is -0.648. The first kappa shape index (κ1) is 15.7. The first-order valence-corrected chi connectivity index (χ1v) is 7.49. The highest BCUT2D eigenvalue weighted by Crippen LogP contribution is 2.23. The van der Waals surface area contributed by atoms with Crippen molar-refractivity contribution < 1.29 is 13.2 Å². The minimum Gasteiger partial charge on any atom is -0.383 e. The van der Waals surface area contributed by atoms with Gasteiger partial charge < -0.3 is 4.74 Å². The predicted molar refractivity (Wildman–Crippen MR) is 72.8 cm³/mol. The van der Waals surface area contributed by atoms with E-state index in [9.17, 15) is 8.42 Å². The van der Waals surface area contributed by atoms with Gasteiger partial charge in [0.15, 0.2) is 0 Å². The van der Waals surface area contributed by atoms with Crippen LogP contribution in [0.1, 0.15) is 0 Å². The molecule has 0 spiro atoms. The molecule has 0 radical (unpaired) electrons. The Bertz CT molecular complexity index is 493. The molecule has 1 aromatic carbocycles. The van der Waals surface area contributed by atoms with Gasteiger partial charge in [0.2, 0.25) is 10.0 Å². The smallest absolute Gasteiger partial charge is 0.244 e. The van der Waals surface area contributed by atoms with Crippen molar-refractivity contribution in [2.45, 2.75) is 10.3 Å². The summed E-state index contributed by atoms with van der Waals surface area (Å²) in [4.78, 5) is 0.0791. The fourth-order valence-electron chi connectivity index (χ4n) is 1.43. The summed E-state index contributed by atoms with van der Waals surface area (Å²) in [6.07, 6.45) is 0. The molecule has 18 heavy (non-hydrogen) atoms. The number of hydrogen-bond acceptors (Lipinski definition) is 3. The number of hydrogen-bond donors (Lipinski definition) is 0. The van der Waals surface area contributed by atoms with E-state index in [-0.39, 0.29) is 23.1 Å². The molecule has 0 amide bonds. The summed E-state index contributed by atoms with van der Waals surface area (Å²) in [6, 6.07) is 6.31. The van der Waals surface area contributed by atoms with Crippen molar-refractivity contribution in [1.29, 1.82) is 0 Å². The molecule has 0 fully saturated rings. The Balaban J connectivity index is 2.90. The zero-order valence-corrected chi connectivity index (χ0v) is 12.5. The van der Waals surface area contributed by atoms with Crippen molar-refractivity contribution in [1.82, 2.24) is 4.31 Å². The third-order valence-corrected chi connectivity index (χ3v) is 4.91. The van der Waals surface area contributed by atoms with Crippen molar-refractivity contribution in [3.8, 4) is 0 Å². The third kappa shape index (κ3) is 3.83. The molecule has 4 nitrogen and oxygen atoms in total. The Morgan fingerprint density at radius 3 is 2.56 bits per heavy atom. The molecule has 0 bridgehead atoms. The number of methoxy groups -OCH3 is 1. The van der Waals surface area contributed by atoms with Gasteiger partial charge in [-0.05, 0) is 12.1 Å². The van der Waals surface area contributed by atoms with Gasteiger partial charge in [-0.15, -0.1) is 11.6 Å². The van der Waals surface area contributed by atoms with Crippen molar-refractivity contribution in [3.05, 3.63) is 29.3 Å². The van der Waals surface area contributed by atoms with Crippen LogP contribution in [0.2, 0.25) is 5.02 Å². The van der Waals surface area contributed by atoms with Gasteiger partial charge in [-0.2, -0.15) is 4.31 Å². The van der Waals surface area contributed by atoms with Crippen molar-refractivity contribution in [2.75, 3.05) is 27.3 Å². The van der Waals surface area contributed by atoms with Crippen LogP contribution in [0.4, 0.5) is 0 Å². The summed E-state index contributed by atoms with van der Waals surface area (Å²) >= 11 is 11.8. The van der Waals surface area contributed by atoms with Gasteiger partial charge in [-0.3, -0.25) is 0 Å². The van der Waals surface area contributed by atoms with E-state index in [2.05, 4.69) is 0 Å². The van der Waals surface area contributed by atoms with Crippen molar-refractivity contribution >= 4 is 33.2 Å². The number of benzene rings is 1. The molecule has 0 aliphatic carbocycles. The van der Waals surface area contributed by atoms with Gasteiger partial charge in [0.05, 0.1) is 17.0 Å². The maximum absolute atomic E-state index is 12.2. The van der Waals surface area contributed by atoms with E-state index < -0.39 is 15.4 Å². The maximum atomic E-state index is 12.2. The van der Waals surface area contributed by atoms with E-state index >= 15 is 0 Å². The van der Waals surface area contributed by atoms with Crippen molar-refractivity contribution in [2.24, 2.45) is 0 Å². The SMILES string of the molecule is COCC(Cl)CN(C)S(=O)(=O)c1ccccc1Cl. The Morgan fingerprint density at radius 2 is 2.00 bits per heavy atom.